The van der Waals surface area contributed by atoms with Gasteiger partial charge in [0.15, 0.2) is 11.5 Å². The van der Waals surface area contributed by atoms with E-state index in [9.17, 15) is 9.59 Å². The van der Waals surface area contributed by atoms with Crippen LogP contribution < -0.4 is 20.1 Å². The summed E-state index contributed by atoms with van der Waals surface area (Å²) in [7, 11) is 3.11. The van der Waals surface area contributed by atoms with Gasteiger partial charge in [0.05, 0.1) is 26.3 Å². The number of amides is 2. The molecule has 0 saturated heterocycles. The topological polar surface area (TPSA) is 76.7 Å². The van der Waals surface area contributed by atoms with Crippen LogP contribution in [0.2, 0.25) is 0 Å². The van der Waals surface area contributed by atoms with E-state index in [1.54, 1.807) is 33.3 Å². The van der Waals surface area contributed by atoms with E-state index in [-0.39, 0.29) is 12.1 Å². The molecule has 2 aromatic rings. The minimum absolute atomic E-state index is 0.263. The van der Waals surface area contributed by atoms with Gasteiger partial charge in [-0.25, -0.2) is 0 Å². The number of rotatable bonds is 7. The maximum absolute atomic E-state index is 12.3. The largest absolute Gasteiger partial charge is 0.493 e. The summed E-state index contributed by atoms with van der Waals surface area (Å²) in [4.78, 5) is 24.6. The fraction of sp³-hybridized carbons (Fsp3) is 0.364. The molecule has 2 N–H and O–H groups in total. The summed E-state index contributed by atoms with van der Waals surface area (Å²) < 4.78 is 10.5. The van der Waals surface area contributed by atoms with Crippen molar-refractivity contribution in [3.8, 4) is 11.5 Å². The maximum atomic E-state index is 12.3. The number of aryl methyl sites for hydroxylation is 1. The Hall–Kier alpha value is -3.02. The Morgan fingerprint density at radius 1 is 0.821 bits per heavy atom. The van der Waals surface area contributed by atoms with Gasteiger partial charge in [-0.3, -0.25) is 9.59 Å². The molecular formula is C22H28N2O4. The van der Waals surface area contributed by atoms with Crippen molar-refractivity contribution < 1.29 is 19.1 Å². The predicted octanol–water partition coefficient (Wildman–Crippen LogP) is 3.32. The smallest absolute Gasteiger partial charge is 0.309 e. The third kappa shape index (κ3) is 5.25. The number of benzene rings is 2. The van der Waals surface area contributed by atoms with E-state index < -0.39 is 11.8 Å². The first-order valence-corrected chi connectivity index (χ1v) is 9.31. The van der Waals surface area contributed by atoms with Gasteiger partial charge in [0.25, 0.3) is 0 Å². The van der Waals surface area contributed by atoms with E-state index >= 15 is 0 Å². The fourth-order valence-electron chi connectivity index (χ4n) is 2.86. The van der Waals surface area contributed by atoms with Crippen LogP contribution in [0.5, 0.6) is 11.5 Å². The standard InChI is InChI=1S/C22H28N2O4/c1-6-16-7-9-17(10-8-16)14(2)23-21(25)22(26)24-15(3)18-11-12-19(27-4)20(13-18)28-5/h7-15H,6H2,1-5H3,(H,23,25)(H,24,26). The number of nitrogens with one attached hydrogen (secondary N) is 2. The summed E-state index contributed by atoms with van der Waals surface area (Å²) >= 11 is 0. The van der Waals surface area contributed by atoms with E-state index in [1.807, 2.05) is 37.3 Å². The molecule has 0 fully saturated rings. The second-order valence-corrected chi connectivity index (χ2v) is 6.60. The molecule has 0 heterocycles. The Balaban J connectivity index is 1.98. The number of carbonyl (C=O) groups excluding carboxylic acids is 2. The molecule has 6 nitrogen and oxygen atoms in total. The van der Waals surface area contributed by atoms with Crippen LogP contribution >= 0.6 is 0 Å². The molecule has 0 aliphatic rings. The van der Waals surface area contributed by atoms with Crippen molar-refractivity contribution in [2.75, 3.05) is 14.2 Å². The van der Waals surface area contributed by atoms with Crippen molar-refractivity contribution in [2.24, 2.45) is 0 Å². The van der Waals surface area contributed by atoms with Gasteiger partial charge in [0, 0.05) is 0 Å². The zero-order chi connectivity index (χ0) is 20.7. The molecule has 0 aromatic heterocycles. The van der Waals surface area contributed by atoms with Crippen molar-refractivity contribution in [1.82, 2.24) is 10.6 Å². The van der Waals surface area contributed by atoms with Gasteiger partial charge in [-0.05, 0) is 49.1 Å². The highest BCUT2D eigenvalue weighted by Gasteiger charge is 2.20. The summed E-state index contributed by atoms with van der Waals surface area (Å²) in [5, 5.41) is 5.45. The molecule has 2 rings (SSSR count). The SMILES string of the molecule is CCc1ccc(C(C)NC(=O)C(=O)NC(C)c2ccc(OC)c(OC)c2)cc1. The molecule has 0 bridgehead atoms. The predicted molar refractivity (Wildman–Crippen MR) is 108 cm³/mol. The Labute approximate surface area is 166 Å². The fourth-order valence-corrected chi connectivity index (χ4v) is 2.86. The van der Waals surface area contributed by atoms with Gasteiger partial charge in [0.2, 0.25) is 0 Å². The van der Waals surface area contributed by atoms with Crippen LogP contribution in [0.1, 0.15) is 49.5 Å². The average Bonchev–Trinajstić information content (AvgIpc) is 2.72. The Bertz CT molecular complexity index is 818. The molecule has 0 radical (unpaired) electrons. The van der Waals surface area contributed by atoms with Crippen LogP contribution in [0, 0.1) is 0 Å². The van der Waals surface area contributed by atoms with Gasteiger partial charge in [-0.2, -0.15) is 0 Å². The zero-order valence-corrected chi connectivity index (χ0v) is 17.0. The zero-order valence-electron chi connectivity index (χ0n) is 17.0. The lowest BCUT2D eigenvalue weighted by molar-refractivity contribution is -0.140. The molecule has 28 heavy (non-hydrogen) atoms. The van der Waals surface area contributed by atoms with Crippen molar-refractivity contribution in [1.29, 1.82) is 0 Å². The molecular weight excluding hydrogens is 356 g/mol. The van der Waals surface area contributed by atoms with Crippen LogP contribution in [0.15, 0.2) is 42.5 Å². The summed E-state index contributed by atoms with van der Waals surface area (Å²) in [5.74, 6) is -0.182. The second kappa shape index (κ2) is 9.78. The van der Waals surface area contributed by atoms with Crippen molar-refractivity contribution in [3.05, 3.63) is 59.2 Å². The molecule has 2 atom stereocenters. The monoisotopic (exact) mass is 384 g/mol. The van der Waals surface area contributed by atoms with Gasteiger partial charge >= 0.3 is 11.8 Å². The summed E-state index contributed by atoms with van der Waals surface area (Å²) in [6.07, 6.45) is 0.956. The molecule has 150 valence electrons. The Morgan fingerprint density at radius 3 is 1.82 bits per heavy atom. The first-order valence-electron chi connectivity index (χ1n) is 9.31. The lowest BCUT2D eigenvalue weighted by Gasteiger charge is -2.18. The summed E-state index contributed by atoms with van der Waals surface area (Å²) in [6.45, 7) is 5.74. The molecule has 2 amide bonds. The third-order valence-electron chi connectivity index (χ3n) is 4.70. The minimum atomic E-state index is -0.681. The lowest BCUT2D eigenvalue weighted by atomic mass is 10.0. The highest BCUT2D eigenvalue weighted by atomic mass is 16.5. The van der Waals surface area contributed by atoms with Crippen LogP contribution in [-0.2, 0) is 16.0 Å². The summed E-state index contributed by atoms with van der Waals surface area (Å²) in [5.41, 5.74) is 2.98. The van der Waals surface area contributed by atoms with E-state index in [0.29, 0.717) is 11.5 Å². The van der Waals surface area contributed by atoms with Crippen LogP contribution in [-0.4, -0.2) is 26.0 Å². The highest BCUT2D eigenvalue weighted by molar-refractivity contribution is 6.35. The number of hydrogen-bond acceptors (Lipinski definition) is 4. The van der Waals surface area contributed by atoms with Crippen molar-refractivity contribution in [3.63, 3.8) is 0 Å². The number of ether oxygens (including phenoxy) is 2. The van der Waals surface area contributed by atoms with Crippen molar-refractivity contribution >= 4 is 11.8 Å². The molecule has 0 spiro atoms. The Morgan fingerprint density at radius 2 is 1.32 bits per heavy atom. The highest BCUT2D eigenvalue weighted by Crippen LogP contribution is 2.29. The first kappa shape index (κ1) is 21.3. The number of methoxy groups -OCH3 is 2. The first-order chi connectivity index (χ1) is 13.4. The van der Waals surface area contributed by atoms with Crippen LogP contribution in [0.3, 0.4) is 0 Å². The molecule has 2 aromatic carbocycles. The minimum Gasteiger partial charge on any atom is -0.493 e. The van der Waals surface area contributed by atoms with Gasteiger partial charge in [-0.1, -0.05) is 37.3 Å². The normalized spacial score (nSPS) is 12.6. The van der Waals surface area contributed by atoms with Gasteiger partial charge in [0.1, 0.15) is 0 Å². The van der Waals surface area contributed by atoms with Gasteiger partial charge < -0.3 is 20.1 Å². The molecule has 0 saturated carbocycles. The second-order valence-electron chi connectivity index (χ2n) is 6.60. The Kier molecular flexibility index (Phi) is 7.44. The number of carbonyl (C=O) groups is 2. The molecule has 0 aliphatic heterocycles. The quantitative estimate of drug-likeness (QED) is 0.718. The van der Waals surface area contributed by atoms with Crippen molar-refractivity contribution in [2.45, 2.75) is 39.3 Å². The number of hydrogen-bond donors (Lipinski definition) is 2. The van der Waals surface area contributed by atoms with Gasteiger partial charge in [-0.15, -0.1) is 0 Å². The van der Waals surface area contributed by atoms with E-state index in [2.05, 4.69) is 17.6 Å². The molecule has 6 heteroatoms. The maximum Gasteiger partial charge on any atom is 0.309 e. The van der Waals surface area contributed by atoms with Crippen LogP contribution in [0.25, 0.3) is 0 Å². The van der Waals surface area contributed by atoms with E-state index in [0.717, 1.165) is 17.5 Å². The lowest BCUT2D eigenvalue weighted by Crippen LogP contribution is -2.41. The molecule has 0 aliphatic carbocycles. The van der Waals surface area contributed by atoms with Crippen LogP contribution in [0.4, 0.5) is 0 Å². The van der Waals surface area contributed by atoms with E-state index in [1.165, 1.54) is 5.56 Å². The summed E-state index contributed by atoms with van der Waals surface area (Å²) in [6, 6.07) is 12.7. The third-order valence-corrected chi connectivity index (χ3v) is 4.70. The average molecular weight is 384 g/mol. The molecule has 2 unspecified atom stereocenters. The van der Waals surface area contributed by atoms with E-state index in [4.69, 9.17) is 9.47 Å².